The molecule has 0 spiro atoms. The van der Waals surface area contributed by atoms with Gasteiger partial charge in [-0.15, -0.1) is 10.2 Å². The molecule has 2 N–H and O–H groups in total. The van der Waals surface area contributed by atoms with Gasteiger partial charge in [-0.2, -0.15) is 0 Å². The van der Waals surface area contributed by atoms with E-state index in [0.29, 0.717) is 11.0 Å². The van der Waals surface area contributed by atoms with E-state index in [2.05, 4.69) is 10.2 Å². The summed E-state index contributed by atoms with van der Waals surface area (Å²) in [6.07, 6.45) is 3.69. The average Bonchev–Trinajstić information content (AvgIpc) is 2.88. The van der Waals surface area contributed by atoms with Crippen molar-refractivity contribution in [1.29, 1.82) is 0 Å². The van der Waals surface area contributed by atoms with E-state index in [1.165, 1.54) is 35.0 Å². The first-order valence-corrected chi connectivity index (χ1v) is 7.93. The van der Waals surface area contributed by atoms with Crippen molar-refractivity contribution in [3.8, 4) is 11.4 Å². The number of hydrogen-bond donors (Lipinski definition) is 1. The minimum atomic E-state index is -0.286. The van der Waals surface area contributed by atoms with Crippen LogP contribution in [0.5, 0.6) is 0 Å². The van der Waals surface area contributed by atoms with Crippen LogP contribution in [0.4, 0.5) is 4.39 Å². The summed E-state index contributed by atoms with van der Waals surface area (Å²) in [4.78, 5) is 0. The van der Waals surface area contributed by atoms with Crippen LogP contribution in [0.3, 0.4) is 0 Å². The first kappa shape index (κ1) is 14.3. The van der Waals surface area contributed by atoms with Crippen LogP contribution in [0.1, 0.15) is 19.3 Å². The van der Waals surface area contributed by atoms with E-state index in [4.69, 9.17) is 10.6 Å². The Morgan fingerprint density at radius 3 is 2.81 bits per heavy atom. The number of hydrogen-bond acceptors (Lipinski definition) is 5. The minimum absolute atomic E-state index is 0.259. The predicted molar refractivity (Wildman–Crippen MR) is 79.9 cm³/mol. The molecule has 21 heavy (non-hydrogen) atoms. The van der Waals surface area contributed by atoms with E-state index in [1.807, 2.05) is 0 Å². The zero-order valence-electron chi connectivity index (χ0n) is 11.5. The lowest BCUT2D eigenvalue weighted by molar-refractivity contribution is 0.0315. The molecule has 1 aliphatic heterocycles. The second-order valence-corrected chi connectivity index (χ2v) is 5.97. The molecule has 1 aromatic carbocycles. The summed E-state index contributed by atoms with van der Waals surface area (Å²) in [7, 11) is 0. The van der Waals surface area contributed by atoms with Gasteiger partial charge in [0, 0.05) is 17.9 Å². The SMILES string of the molecule is Nn1c(SCC2CCCCO2)nnc1-c1ccc(F)cc1. The first-order chi connectivity index (χ1) is 10.2. The summed E-state index contributed by atoms with van der Waals surface area (Å²) in [6.45, 7) is 0.835. The van der Waals surface area contributed by atoms with Gasteiger partial charge in [0.05, 0.1) is 6.10 Å². The van der Waals surface area contributed by atoms with Crippen LogP contribution in [0, 0.1) is 5.82 Å². The zero-order chi connectivity index (χ0) is 14.7. The number of ether oxygens (including phenoxy) is 1. The highest BCUT2D eigenvalue weighted by Gasteiger charge is 2.17. The summed E-state index contributed by atoms with van der Waals surface area (Å²) in [5.74, 6) is 7.09. The third-order valence-electron chi connectivity index (χ3n) is 3.44. The fourth-order valence-corrected chi connectivity index (χ4v) is 3.20. The molecule has 1 unspecified atom stereocenters. The Morgan fingerprint density at radius 2 is 2.10 bits per heavy atom. The molecule has 0 amide bonds. The van der Waals surface area contributed by atoms with Crippen molar-refractivity contribution in [2.24, 2.45) is 0 Å². The molecule has 7 heteroatoms. The van der Waals surface area contributed by atoms with E-state index in [9.17, 15) is 4.39 Å². The van der Waals surface area contributed by atoms with Crippen molar-refractivity contribution in [3.05, 3.63) is 30.1 Å². The Balaban J connectivity index is 1.68. The quantitative estimate of drug-likeness (QED) is 0.694. The molecular formula is C14H17FN4OS. The fourth-order valence-electron chi connectivity index (χ4n) is 2.28. The van der Waals surface area contributed by atoms with Crippen molar-refractivity contribution >= 4 is 11.8 Å². The second-order valence-electron chi connectivity index (χ2n) is 4.98. The number of nitrogen functional groups attached to an aromatic ring is 1. The molecule has 5 nitrogen and oxygen atoms in total. The fraction of sp³-hybridized carbons (Fsp3) is 0.429. The van der Waals surface area contributed by atoms with E-state index in [0.717, 1.165) is 30.8 Å². The molecule has 1 aromatic heterocycles. The van der Waals surface area contributed by atoms with Gasteiger partial charge < -0.3 is 10.6 Å². The normalized spacial score (nSPS) is 18.8. The zero-order valence-corrected chi connectivity index (χ0v) is 12.4. The predicted octanol–water partition coefficient (Wildman–Crippen LogP) is 2.46. The van der Waals surface area contributed by atoms with Crippen LogP contribution in [-0.2, 0) is 4.74 Å². The topological polar surface area (TPSA) is 66.0 Å². The highest BCUT2D eigenvalue weighted by molar-refractivity contribution is 7.99. The van der Waals surface area contributed by atoms with Crippen LogP contribution in [-0.4, -0.2) is 33.3 Å². The Hall–Kier alpha value is -1.60. The monoisotopic (exact) mass is 308 g/mol. The lowest BCUT2D eigenvalue weighted by Gasteiger charge is -2.21. The van der Waals surface area contributed by atoms with Gasteiger partial charge in [-0.05, 0) is 43.5 Å². The maximum atomic E-state index is 12.9. The molecule has 112 valence electrons. The molecule has 2 aromatic rings. The number of halogens is 1. The number of rotatable bonds is 4. The molecule has 0 aliphatic carbocycles. The summed E-state index contributed by atoms with van der Waals surface area (Å²) < 4.78 is 20.1. The largest absolute Gasteiger partial charge is 0.377 e. The highest BCUT2D eigenvalue weighted by Crippen LogP contribution is 2.24. The molecule has 1 aliphatic rings. The van der Waals surface area contributed by atoms with Gasteiger partial charge in [-0.3, -0.25) is 0 Å². The summed E-state index contributed by atoms with van der Waals surface area (Å²) in [6, 6.07) is 6.04. The number of nitrogens with zero attached hydrogens (tertiary/aromatic N) is 3. The average molecular weight is 308 g/mol. The maximum Gasteiger partial charge on any atom is 0.210 e. The summed E-state index contributed by atoms with van der Waals surface area (Å²) in [5, 5.41) is 8.83. The Labute approximate surface area is 126 Å². The number of benzene rings is 1. The molecule has 1 atom stereocenters. The second kappa shape index (κ2) is 6.44. The third-order valence-corrected chi connectivity index (χ3v) is 4.51. The van der Waals surface area contributed by atoms with E-state index < -0.39 is 0 Å². The third kappa shape index (κ3) is 3.36. The van der Waals surface area contributed by atoms with Crippen LogP contribution in [0.15, 0.2) is 29.4 Å². The van der Waals surface area contributed by atoms with Crippen molar-refractivity contribution in [2.75, 3.05) is 18.2 Å². The van der Waals surface area contributed by atoms with Gasteiger partial charge in [-0.1, -0.05) is 11.8 Å². The molecule has 3 rings (SSSR count). The Kier molecular flexibility index (Phi) is 4.40. The van der Waals surface area contributed by atoms with E-state index >= 15 is 0 Å². The number of aromatic nitrogens is 3. The lowest BCUT2D eigenvalue weighted by atomic mass is 10.1. The van der Waals surface area contributed by atoms with E-state index in [1.54, 1.807) is 12.1 Å². The van der Waals surface area contributed by atoms with E-state index in [-0.39, 0.29) is 11.9 Å². The molecule has 2 heterocycles. The lowest BCUT2D eigenvalue weighted by Crippen LogP contribution is -2.22. The van der Waals surface area contributed by atoms with Crippen LogP contribution in [0.25, 0.3) is 11.4 Å². The Morgan fingerprint density at radius 1 is 1.29 bits per heavy atom. The van der Waals surface area contributed by atoms with Gasteiger partial charge in [0.25, 0.3) is 0 Å². The maximum absolute atomic E-state index is 12.9. The van der Waals surface area contributed by atoms with Crippen molar-refractivity contribution in [3.63, 3.8) is 0 Å². The minimum Gasteiger partial charge on any atom is -0.377 e. The van der Waals surface area contributed by atoms with Crippen molar-refractivity contribution in [1.82, 2.24) is 14.9 Å². The van der Waals surface area contributed by atoms with Crippen LogP contribution in [0.2, 0.25) is 0 Å². The standard InChI is InChI=1S/C14H17FN4OS/c15-11-6-4-10(5-7-11)13-17-18-14(19(13)16)21-9-12-3-1-2-8-20-12/h4-7,12H,1-3,8-9,16H2. The molecule has 1 saturated heterocycles. The smallest absolute Gasteiger partial charge is 0.210 e. The first-order valence-electron chi connectivity index (χ1n) is 6.95. The molecule has 0 bridgehead atoms. The summed E-state index contributed by atoms with van der Waals surface area (Å²) >= 11 is 1.54. The van der Waals surface area contributed by atoms with Gasteiger partial charge in [-0.25, -0.2) is 9.07 Å². The summed E-state index contributed by atoms with van der Waals surface area (Å²) in [5.41, 5.74) is 0.743. The highest BCUT2D eigenvalue weighted by atomic mass is 32.2. The van der Waals surface area contributed by atoms with Gasteiger partial charge in [0.2, 0.25) is 5.16 Å². The molecular weight excluding hydrogens is 291 g/mol. The van der Waals surface area contributed by atoms with Crippen LogP contribution < -0.4 is 5.84 Å². The number of thioether (sulfide) groups is 1. The number of nitrogens with two attached hydrogens (primary N) is 1. The molecule has 0 radical (unpaired) electrons. The van der Waals surface area contributed by atoms with Crippen molar-refractivity contribution in [2.45, 2.75) is 30.5 Å². The van der Waals surface area contributed by atoms with Crippen LogP contribution >= 0.6 is 11.8 Å². The van der Waals surface area contributed by atoms with Gasteiger partial charge in [0.1, 0.15) is 5.82 Å². The van der Waals surface area contributed by atoms with Gasteiger partial charge >= 0.3 is 0 Å². The van der Waals surface area contributed by atoms with Gasteiger partial charge in [0.15, 0.2) is 5.82 Å². The molecule has 1 fully saturated rings. The Bertz CT molecular complexity index is 596. The van der Waals surface area contributed by atoms with Crippen molar-refractivity contribution < 1.29 is 9.13 Å². The molecule has 0 saturated carbocycles.